The Morgan fingerprint density at radius 1 is 1.35 bits per heavy atom. The van der Waals surface area contributed by atoms with Crippen molar-refractivity contribution in [2.45, 2.75) is 20.3 Å². The zero-order valence-electron chi connectivity index (χ0n) is 13.5. The molecule has 23 heavy (non-hydrogen) atoms. The maximum Gasteiger partial charge on any atom is 0.308 e. The molecule has 2 aromatic rings. The first-order chi connectivity index (χ1) is 10.9. The lowest BCUT2D eigenvalue weighted by Crippen LogP contribution is -2.45. The molecule has 1 aliphatic heterocycles. The summed E-state index contributed by atoms with van der Waals surface area (Å²) in [4.78, 5) is 30.0. The second-order valence-electron chi connectivity index (χ2n) is 6.39. The smallest absolute Gasteiger partial charge is 0.308 e. The van der Waals surface area contributed by atoms with E-state index < -0.39 is 11.9 Å². The zero-order valence-corrected chi connectivity index (χ0v) is 13.5. The van der Waals surface area contributed by atoms with Crippen molar-refractivity contribution in [3.8, 4) is 0 Å². The highest BCUT2D eigenvalue weighted by Crippen LogP contribution is 2.24. The SMILES string of the molecule is Cc1nn(C)c2ncc(C(=O)N3CC(C)CC(C(=O)O)C3)cc12. The summed E-state index contributed by atoms with van der Waals surface area (Å²) in [7, 11) is 1.81. The van der Waals surface area contributed by atoms with Gasteiger partial charge in [0.2, 0.25) is 0 Å². The first-order valence-electron chi connectivity index (χ1n) is 7.68. The van der Waals surface area contributed by atoms with Gasteiger partial charge >= 0.3 is 5.97 Å². The third kappa shape index (κ3) is 2.78. The van der Waals surface area contributed by atoms with Crippen LogP contribution >= 0.6 is 0 Å². The number of aromatic nitrogens is 3. The second kappa shape index (κ2) is 5.64. The molecule has 0 bridgehead atoms. The van der Waals surface area contributed by atoms with Gasteiger partial charge in [-0.2, -0.15) is 5.10 Å². The van der Waals surface area contributed by atoms with Crippen molar-refractivity contribution >= 4 is 22.9 Å². The van der Waals surface area contributed by atoms with Crippen LogP contribution in [0.3, 0.4) is 0 Å². The van der Waals surface area contributed by atoms with Gasteiger partial charge in [-0.1, -0.05) is 6.92 Å². The second-order valence-corrected chi connectivity index (χ2v) is 6.39. The van der Waals surface area contributed by atoms with Gasteiger partial charge in [0.1, 0.15) is 0 Å². The van der Waals surface area contributed by atoms with Gasteiger partial charge < -0.3 is 10.0 Å². The number of hydrogen-bond donors (Lipinski definition) is 1. The van der Waals surface area contributed by atoms with Gasteiger partial charge in [-0.3, -0.25) is 14.3 Å². The average molecular weight is 316 g/mol. The number of nitrogens with zero attached hydrogens (tertiary/aromatic N) is 4. The topological polar surface area (TPSA) is 88.3 Å². The molecule has 1 saturated heterocycles. The number of carboxylic acid groups (broad SMARTS) is 1. The Labute approximate surface area is 133 Å². The minimum atomic E-state index is -0.842. The molecule has 122 valence electrons. The molecule has 1 N–H and O–H groups in total. The number of amides is 1. The minimum Gasteiger partial charge on any atom is -0.481 e. The molecule has 0 radical (unpaired) electrons. The Hall–Kier alpha value is -2.44. The molecule has 0 spiro atoms. The number of hydrogen-bond acceptors (Lipinski definition) is 4. The minimum absolute atomic E-state index is 0.166. The van der Waals surface area contributed by atoms with Crippen LogP contribution in [0.15, 0.2) is 12.3 Å². The predicted octanol–water partition coefficient (Wildman–Crippen LogP) is 1.46. The number of likely N-dealkylation sites (tertiary alicyclic amines) is 1. The number of rotatable bonds is 2. The third-order valence-corrected chi connectivity index (χ3v) is 4.41. The molecule has 0 aliphatic carbocycles. The van der Waals surface area contributed by atoms with E-state index in [1.807, 2.05) is 20.9 Å². The largest absolute Gasteiger partial charge is 0.481 e. The van der Waals surface area contributed by atoms with Crippen LogP contribution in [0.25, 0.3) is 11.0 Å². The lowest BCUT2D eigenvalue weighted by atomic mass is 9.90. The molecule has 2 unspecified atom stereocenters. The summed E-state index contributed by atoms with van der Waals surface area (Å²) in [6.07, 6.45) is 2.15. The van der Waals surface area contributed by atoms with Gasteiger partial charge in [0.25, 0.3) is 5.91 Å². The maximum atomic E-state index is 12.7. The Morgan fingerprint density at radius 3 is 2.78 bits per heavy atom. The van der Waals surface area contributed by atoms with Crippen molar-refractivity contribution in [3.63, 3.8) is 0 Å². The first kappa shape index (κ1) is 15.5. The van der Waals surface area contributed by atoms with E-state index in [1.165, 1.54) is 0 Å². The fraction of sp³-hybridized carbons (Fsp3) is 0.500. The van der Waals surface area contributed by atoms with E-state index in [0.29, 0.717) is 18.5 Å². The molecule has 0 aromatic carbocycles. The molecule has 3 rings (SSSR count). The van der Waals surface area contributed by atoms with Gasteiger partial charge in [0, 0.05) is 31.7 Å². The molecule has 2 aromatic heterocycles. The fourth-order valence-electron chi connectivity index (χ4n) is 3.30. The van der Waals surface area contributed by atoms with Crippen LogP contribution in [0.5, 0.6) is 0 Å². The van der Waals surface area contributed by atoms with Crippen LogP contribution in [0, 0.1) is 18.8 Å². The molecular formula is C16H20N4O3. The van der Waals surface area contributed by atoms with E-state index in [9.17, 15) is 14.7 Å². The van der Waals surface area contributed by atoms with E-state index in [-0.39, 0.29) is 18.4 Å². The van der Waals surface area contributed by atoms with Crippen LogP contribution in [0.4, 0.5) is 0 Å². The molecule has 0 saturated carbocycles. The normalized spacial score (nSPS) is 21.6. The van der Waals surface area contributed by atoms with E-state index in [0.717, 1.165) is 16.7 Å². The number of aliphatic carboxylic acids is 1. The van der Waals surface area contributed by atoms with E-state index in [2.05, 4.69) is 10.1 Å². The van der Waals surface area contributed by atoms with Gasteiger partial charge in [-0.25, -0.2) is 4.98 Å². The molecule has 1 amide bonds. The molecule has 1 aliphatic rings. The maximum absolute atomic E-state index is 12.7. The fourth-order valence-corrected chi connectivity index (χ4v) is 3.30. The standard InChI is InChI=1S/C16H20N4O3/c1-9-4-12(16(22)23)8-20(7-9)15(21)11-5-13-10(2)18-19(3)14(13)17-6-11/h5-6,9,12H,4,7-8H2,1-3H3,(H,22,23). The van der Waals surface area contributed by atoms with Crippen molar-refractivity contribution in [3.05, 3.63) is 23.5 Å². The molecule has 7 heteroatoms. The van der Waals surface area contributed by atoms with Crippen molar-refractivity contribution in [1.82, 2.24) is 19.7 Å². The summed E-state index contributed by atoms with van der Waals surface area (Å²) in [6.45, 7) is 4.68. The number of piperidine rings is 1. The van der Waals surface area contributed by atoms with E-state index in [1.54, 1.807) is 21.8 Å². The van der Waals surface area contributed by atoms with Crippen LogP contribution in [0.1, 0.15) is 29.4 Å². The quantitative estimate of drug-likeness (QED) is 0.906. The molecule has 2 atom stereocenters. The number of fused-ring (bicyclic) bond motifs is 1. The highest BCUT2D eigenvalue weighted by atomic mass is 16.4. The monoisotopic (exact) mass is 316 g/mol. The summed E-state index contributed by atoms with van der Waals surface area (Å²) >= 11 is 0. The summed E-state index contributed by atoms with van der Waals surface area (Å²) < 4.78 is 1.68. The summed E-state index contributed by atoms with van der Waals surface area (Å²) in [6, 6.07) is 1.79. The van der Waals surface area contributed by atoms with Crippen LogP contribution < -0.4 is 0 Å². The van der Waals surface area contributed by atoms with E-state index in [4.69, 9.17) is 0 Å². The van der Waals surface area contributed by atoms with Gasteiger partial charge in [-0.15, -0.1) is 0 Å². The molecule has 7 nitrogen and oxygen atoms in total. The summed E-state index contributed by atoms with van der Waals surface area (Å²) in [5.41, 5.74) is 2.03. The number of carbonyl (C=O) groups is 2. The average Bonchev–Trinajstić information content (AvgIpc) is 2.80. The lowest BCUT2D eigenvalue weighted by molar-refractivity contribution is -0.143. The Balaban J connectivity index is 1.90. The van der Waals surface area contributed by atoms with Crippen molar-refractivity contribution in [1.29, 1.82) is 0 Å². The Morgan fingerprint density at radius 2 is 2.09 bits per heavy atom. The predicted molar refractivity (Wildman–Crippen MR) is 84.1 cm³/mol. The van der Waals surface area contributed by atoms with Gasteiger partial charge in [0.15, 0.2) is 5.65 Å². The number of pyridine rings is 1. The first-order valence-corrected chi connectivity index (χ1v) is 7.68. The van der Waals surface area contributed by atoms with Crippen LogP contribution in [0.2, 0.25) is 0 Å². The molecule has 1 fully saturated rings. The van der Waals surface area contributed by atoms with Crippen molar-refractivity contribution in [2.75, 3.05) is 13.1 Å². The molecule has 3 heterocycles. The van der Waals surface area contributed by atoms with Crippen molar-refractivity contribution < 1.29 is 14.7 Å². The highest BCUT2D eigenvalue weighted by Gasteiger charge is 2.32. The van der Waals surface area contributed by atoms with Crippen LogP contribution in [-0.4, -0.2) is 49.7 Å². The summed E-state index contributed by atoms with van der Waals surface area (Å²) in [5.74, 6) is -1.34. The number of carboxylic acids is 1. The van der Waals surface area contributed by atoms with Gasteiger partial charge in [0.05, 0.1) is 17.2 Å². The highest BCUT2D eigenvalue weighted by molar-refractivity contribution is 5.97. The summed E-state index contributed by atoms with van der Waals surface area (Å²) in [5, 5.41) is 14.4. The number of aryl methyl sites for hydroxylation is 2. The lowest BCUT2D eigenvalue weighted by Gasteiger charge is -2.34. The van der Waals surface area contributed by atoms with E-state index >= 15 is 0 Å². The zero-order chi connectivity index (χ0) is 16.7. The van der Waals surface area contributed by atoms with Crippen LogP contribution in [-0.2, 0) is 11.8 Å². The molecular weight excluding hydrogens is 296 g/mol. The third-order valence-electron chi connectivity index (χ3n) is 4.41. The Bertz CT molecular complexity index is 783. The van der Waals surface area contributed by atoms with Crippen molar-refractivity contribution in [2.24, 2.45) is 18.9 Å². The number of carbonyl (C=O) groups excluding carboxylic acids is 1. The van der Waals surface area contributed by atoms with Gasteiger partial charge in [-0.05, 0) is 25.3 Å². The Kier molecular flexibility index (Phi) is 3.79.